The Balaban J connectivity index is 3.80. The third-order valence-corrected chi connectivity index (χ3v) is 1.60. The molecule has 5 nitrogen and oxygen atoms in total. The predicted molar refractivity (Wildman–Crippen MR) is 53.8 cm³/mol. The number of carbonyl (C=O) groups is 2. The molecule has 0 aromatic heterocycles. The largest absolute Gasteiger partial charge is 0.445 e. The van der Waals surface area contributed by atoms with Crippen LogP contribution in [0, 0.1) is 0 Å². The van der Waals surface area contributed by atoms with E-state index in [1.807, 2.05) is 0 Å². The normalized spacial score (nSPS) is 14.1. The van der Waals surface area contributed by atoms with Crippen molar-refractivity contribution >= 4 is 11.9 Å². The van der Waals surface area contributed by atoms with Crippen LogP contribution in [0.5, 0.6) is 0 Å². The second kappa shape index (κ2) is 7.23. The van der Waals surface area contributed by atoms with Gasteiger partial charge in [0.15, 0.2) is 12.5 Å². The molecular weight excluding hydrogens is 198 g/mol. The van der Waals surface area contributed by atoms with Gasteiger partial charge in [0, 0.05) is 12.8 Å². The fourth-order valence-corrected chi connectivity index (χ4v) is 0.904. The summed E-state index contributed by atoms with van der Waals surface area (Å²) in [7, 11) is 0. The number of ether oxygens (including phenoxy) is 2. The van der Waals surface area contributed by atoms with Gasteiger partial charge in [-0.25, -0.2) is 0 Å². The lowest BCUT2D eigenvalue weighted by atomic mass is 10.5. The summed E-state index contributed by atoms with van der Waals surface area (Å²) in [5, 5.41) is 3.97. The molecule has 0 spiro atoms. The summed E-state index contributed by atoms with van der Waals surface area (Å²) in [5.74, 6) is -0.638. The Hall–Kier alpha value is -1.10. The molecule has 0 saturated heterocycles. The molecule has 0 fully saturated rings. The van der Waals surface area contributed by atoms with E-state index in [2.05, 4.69) is 5.32 Å². The zero-order chi connectivity index (χ0) is 11.8. The second-order valence-corrected chi connectivity index (χ2v) is 3.03. The summed E-state index contributed by atoms with van der Waals surface area (Å²) >= 11 is 0. The van der Waals surface area contributed by atoms with E-state index in [0.717, 1.165) is 0 Å². The lowest BCUT2D eigenvalue weighted by Crippen LogP contribution is -2.34. The molecule has 2 unspecified atom stereocenters. The van der Waals surface area contributed by atoms with Gasteiger partial charge in [-0.15, -0.1) is 0 Å². The Morgan fingerprint density at radius 3 is 1.60 bits per heavy atom. The zero-order valence-corrected chi connectivity index (χ0v) is 9.65. The minimum Gasteiger partial charge on any atom is -0.445 e. The Morgan fingerprint density at radius 2 is 1.33 bits per heavy atom. The van der Waals surface area contributed by atoms with Crippen molar-refractivity contribution in [3.05, 3.63) is 0 Å². The first-order valence-corrected chi connectivity index (χ1v) is 5.08. The smallest absolute Gasteiger partial charge is 0.307 e. The van der Waals surface area contributed by atoms with Gasteiger partial charge in [0.2, 0.25) is 0 Å². The molecule has 0 aliphatic carbocycles. The van der Waals surface area contributed by atoms with Crippen molar-refractivity contribution in [2.24, 2.45) is 0 Å². The first kappa shape index (κ1) is 13.9. The fraction of sp³-hybridized carbons (Fsp3) is 0.800. The third-order valence-electron chi connectivity index (χ3n) is 1.60. The van der Waals surface area contributed by atoms with Gasteiger partial charge < -0.3 is 9.47 Å². The molecule has 2 atom stereocenters. The molecule has 0 aliphatic heterocycles. The molecule has 0 rings (SSSR count). The summed E-state index contributed by atoms with van der Waals surface area (Å²) in [5.41, 5.74) is 0. The summed E-state index contributed by atoms with van der Waals surface area (Å²) in [6.07, 6.45) is -0.555. The fourth-order valence-electron chi connectivity index (χ4n) is 0.904. The van der Waals surface area contributed by atoms with Crippen molar-refractivity contribution in [1.82, 2.24) is 5.32 Å². The van der Waals surface area contributed by atoms with Crippen molar-refractivity contribution < 1.29 is 19.1 Å². The van der Waals surface area contributed by atoms with Gasteiger partial charge in [-0.2, -0.15) is 5.32 Å². The quantitative estimate of drug-likeness (QED) is 0.625. The number of nitrogens with zero attached hydrogens (tertiary/aromatic N) is 1. The molecule has 0 N–H and O–H groups in total. The number of hydrogen-bond acceptors (Lipinski definition) is 4. The zero-order valence-electron chi connectivity index (χ0n) is 9.65. The molecule has 0 heterocycles. The average molecular weight is 216 g/mol. The number of hydrogen-bond donors (Lipinski definition) is 0. The van der Waals surface area contributed by atoms with Crippen molar-refractivity contribution in [2.45, 2.75) is 53.0 Å². The number of carbonyl (C=O) groups excluding carboxylic acids is 2. The molecule has 5 heteroatoms. The summed E-state index contributed by atoms with van der Waals surface area (Å²) in [6, 6.07) is 0. The van der Waals surface area contributed by atoms with Crippen LogP contribution in [0.25, 0.3) is 0 Å². The van der Waals surface area contributed by atoms with Crippen LogP contribution in [0.2, 0.25) is 0 Å². The van der Waals surface area contributed by atoms with Gasteiger partial charge in [-0.1, -0.05) is 13.8 Å². The molecular formula is C10H18NO4. The van der Waals surface area contributed by atoms with Crippen molar-refractivity contribution in [3.8, 4) is 0 Å². The van der Waals surface area contributed by atoms with Crippen LogP contribution in [-0.4, -0.2) is 24.4 Å². The molecule has 0 amide bonds. The van der Waals surface area contributed by atoms with Gasteiger partial charge in [0.05, 0.1) is 0 Å². The number of esters is 2. The van der Waals surface area contributed by atoms with E-state index in [-0.39, 0.29) is 11.9 Å². The maximum atomic E-state index is 10.9. The molecule has 0 aromatic carbocycles. The molecule has 0 bridgehead atoms. The molecule has 0 aliphatic rings. The van der Waals surface area contributed by atoms with Crippen molar-refractivity contribution in [1.29, 1.82) is 0 Å². The highest BCUT2D eigenvalue weighted by Crippen LogP contribution is 1.98. The minimum atomic E-state index is -0.586. The van der Waals surface area contributed by atoms with Crippen molar-refractivity contribution in [3.63, 3.8) is 0 Å². The van der Waals surface area contributed by atoms with Crippen LogP contribution in [0.4, 0.5) is 0 Å². The van der Waals surface area contributed by atoms with E-state index >= 15 is 0 Å². The second-order valence-electron chi connectivity index (χ2n) is 3.03. The lowest BCUT2D eigenvalue weighted by Gasteiger charge is -2.17. The van der Waals surface area contributed by atoms with E-state index in [0.29, 0.717) is 12.8 Å². The average Bonchev–Trinajstić information content (AvgIpc) is 2.16. The SMILES string of the molecule is CCC(=O)OC(C)[N]C(C)OC(=O)CC. The van der Waals surface area contributed by atoms with Crippen LogP contribution >= 0.6 is 0 Å². The van der Waals surface area contributed by atoms with E-state index in [1.165, 1.54) is 0 Å². The highest BCUT2D eigenvalue weighted by molar-refractivity contribution is 5.69. The van der Waals surface area contributed by atoms with E-state index < -0.39 is 12.5 Å². The number of rotatable bonds is 6. The Labute approximate surface area is 90.1 Å². The first-order valence-electron chi connectivity index (χ1n) is 5.08. The van der Waals surface area contributed by atoms with Crippen LogP contribution in [0.15, 0.2) is 0 Å². The molecule has 0 saturated carbocycles. The van der Waals surface area contributed by atoms with Gasteiger partial charge >= 0.3 is 11.9 Å². The maximum absolute atomic E-state index is 10.9. The van der Waals surface area contributed by atoms with E-state index in [9.17, 15) is 9.59 Å². The molecule has 1 radical (unpaired) electrons. The van der Waals surface area contributed by atoms with Crippen LogP contribution in [0.3, 0.4) is 0 Å². The van der Waals surface area contributed by atoms with Crippen LogP contribution < -0.4 is 5.32 Å². The monoisotopic (exact) mass is 216 g/mol. The highest BCUT2D eigenvalue weighted by Gasteiger charge is 2.14. The van der Waals surface area contributed by atoms with Gasteiger partial charge in [-0.3, -0.25) is 9.59 Å². The topological polar surface area (TPSA) is 66.7 Å². The van der Waals surface area contributed by atoms with Gasteiger partial charge in [0.25, 0.3) is 0 Å². The summed E-state index contributed by atoms with van der Waals surface area (Å²) in [6.45, 7) is 6.67. The lowest BCUT2D eigenvalue weighted by molar-refractivity contribution is -0.157. The summed E-state index contributed by atoms with van der Waals surface area (Å²) < 4.78 is 9.78. The molecule has 0 aromatic rings. The first-order chi connectivity index (χ1) is 6.99. The van der Waals surface area contributed by atoms with Crippen LogP contribution in [0.1, 0.15) is 40.5 Å². The standard InChI is InChI=1S/C10H18NO4/c1-5-9(12)14-7(3)11-8(4)15-10(13)6-2/h7-8H,5-6H2,1-4H3. The van der Waals surface area contributed by atoms with Gasteiger partial charge in [-0.05, 0) is 13.8 Å². The Bertz CT molecular complexity index is 195. The minimum absolute atomic E-state index is 0.309. The molecule has 87 valence electrons. The van der Waals surface area contributed by atoms with E-state index in [1.54, 1.807) is 27.7 Å². The Kier molecular flexibility index (Phi) is 6.70. The third kappa shape index (κ3) is 6.90. The van der Waals surface area contributed by atoms with Crippen molar-refractivity contribution in [2.75, 3.05) is 0 Å². The summed E-state index contributed by atoms with van der Waals surface area (Å²) in [4.78, 5) is 21.8. The maximum Gasteiger partial charge on any atom is 0.307 e. The van der Waals surface area contributed by atoms with Gasteiger partial charge in [0.1, 0.15) is 0 Å². The van der Waals surface area contributed by atoms with E-state index in [4.69, 9.17) is 9.47 Å². The highest BCUT2D eigenvalue weighted by atomic mass is 16.6. The molecule has 15 heavy (non-hydrogen) atoms. The van der Waals surface area contributed by atoms with Crippen LogP contribution in [-0.2, 0) is 19.1 Å². The predicted octanol–water partition coefficient (Wildman–Crippen LogP) is 1.19. The Morgan fingerprint density at radius 1 is 1.00 bits per heavy atom.